The molecule has 4 heteroatoms. The van der Waals surface area contributed by atoms with Gasteiger partial charge in [0.15, 0.2) is 0 Å². The van der Waals surface area contributed by atoms with Crippen molar-refractivity contribution in [1.82, 2.24) is 9.80 Å². The number of hydrogen-bond acceptors (Lipinski definition) is 4. The number of benzene rings is 1. The maximum absolute atomic E-state index is 5.45. The van der Waals surface area contributed by atoms with Gasteiger partial charge in [0, 0.05) is 36.3 Å². The molecule has 2 heterocycles. The first-order chi connectivity index (χ1) is 11.4. The first-order valence-electron chi connectivity index (χ1n) is 9.14. The zero-order chi connectivity index (χ0) is 15.7. The summed E-state index contributed by atoms with van der Waals surface area (Å²) in [6.45, 7) is 7.85. The molecule has 2 aliphatic heterocycles. The van der Waals surface area contributed by atoms with Crippen LogP contribution in [0, 0.1) is 0 Å². The van der Waals surface area contributed by atoms with Crippen molar-refractivity contribution in [3.63, 3.8) is 0 Å². The number of nitrogens with zero attached hydrogens (tertiary/aromatic N) is 2. The predicted octanol–water partition coefficient (Wildman–Crippen LogP) is 3.36. The molecule has 1 atom stereocenters. The molecular formula is C19H30N2OS. The third-order valence-electron chi connectivity index (χ3n) is 5.02. The maximum Gasteiger partial charge on any atom is 0.0594 e. The molecule has 3 nitrogen and oxygen atoms in total. The van der Waals surface area contributed by atoms with E-state index < -0.39 is 0 Å². The smallest absolute Gasteiger partial charge is 0.0594 e. The summed E-state index contributed by atoms with van der Waals surface area (Å²) in [7, 11) is 0. The average Bonchev–Trinajstić information content (AvgIpc) is 2.63. The Labute approximate surface area is 145 Å². The molecule has 23 heavy (non-hydrogen) atoms. The van der Waals surface area contributed by atoms with E-state index in [2.05, 4.69) is 40.1 Å². The van der Waals surface area contributed by atoms with E-state index >= 15 is 0 Å². The molecule has 0 radical (unpaired) electrons. The molecule has 1 aromatic rings. The predicted molar refractivity (Wildman–Crippen MR) is 98.3 cm³/mol. The zero-order valence-corrected chi connectivity index (χ0v) is 15.0. The van der Waals surface area contributed by atoms with Gasteiger partial charge in [-0.2, -0.15) is 0 Å². The molecule has 2 saturated heterocycles. The van der Waals surface area contributed by atoms with Crippen LogP contribution in [-0.4, -0.2) is 67.5 Å². The molecule has 0 unspecified atom stereocenters. The van der Waals surface area contributed by atoms with Crippen molar-refractivity contribution in [3.8, 4) is 0 Å². The summed E-state index contributed by atoms with van der Waals surface area (Å²) in [5, 5.41) is 0. The van der Waals surface area contributed by atoms with Gasteiger partial charge < -0.3 is 4.74 Å². The third kappa shape index (κ3) is 5.79. The van der Waals surface area contributed by atoms with Crippen LogP contribution in [0.1, 0.15) is 25.7 Å². The largest absolute Gasteiger partial charge is 0.379 e. The van der Waals surface area contributed by atoms with Gasteiger partial charge in [0.25, 0.3) is 0 Å². The molecule has 2 fully saturated rings. The molecule has 0 aromatic heterocycles. The molecule has 0 aliphatic carbocycles. The van der Waals surface area contributed by atoms with Crippen LogP contribution >= 0.6 is 11.8 Å². The van der Waals surface area contributed by atoms with Crippen molar-refractivity contribution in [2.45, 2.75) is 36.6 Å². The monoisotopic (exact) mass is 334 g/mol. The van der Waals surface area contributed by atoms with Crippen LogP contribution in [0.15, 0.2) is 35.2 Å². The van der Waals surface area contributed by atoms with Crippen LogP contribution in [0.5, 0.6) is 0 Å². The fourth-order valence-corrected chi connectivity index (χ4v) is 4.55. The van der Waals surface area contributed by atoms with Gasteiger partial charge in [-0.05, 0) is 44.5 Å². The molecule has 1 aromatic carbocycles. The normalized spacial score (nSPS) is 23.9. The number of morpholine rings is 1. The molecule has 2 aliphatic rings. The summed E-state index contributed by atoms with van der Waals surface area (Å²) in [5.74, 6) is 1.21. The number of rotatable bonds is 7. The van der Waals surface area contributed by atoms with E-state index in [0.717, 1.165) is 32.3 Å². The minimum atomic E-state index is 0.794. The van der Waals surface area contributed by atoms with Gasteiger partial charge in [-0.15, -0.1) is 11.8 Å². The minimum absolute atomic E-state index is 0.794. The van der Waals surface area contributed by atoms with Crippen LogP contribution in [0.4, 0.5) is 0 Å². The van der Waals surface area contributed by atoms with Gasteiger partial charge in [0.2, 0.25) is 0 Å². The SMILES string of the molecule is c1ccc(SCCN2CCCC[C@H]2CCN2CCOCC2)cc1. The second-order valence-corrected chi connectivity index (χ2v) is 7.76. The van der Waals surface area contributed by atoms with E-state index in [9.17, 15) is 0 Å². The highest BCUT2D eigenvalue weighted by atomic mass is 32.2. The zero-order valence-electron chi connectivity index (χ0n) is 14.2. The summed E-state index contributed by atoms with van der Waals surface area (Å²) in [4.78, 5) is 6.73. The first kappa shape index (κ1) is 17.3. The van der Waals surface area contributed by atoms with E-state index in [1.165, 1.54) is 56.0 Å². The summed E-state index contributed by atoms with van der Waals surface area (Å²) in [5.41, 5.74) is 0. The van der Waals surface area contributed by atoms with Crippen LogP contribution in [0.2, 0.25) is 0 Å². The maximum atomic E-state index is 5.45. The number of piperidine rings is 1. The van der Waals surface area contributed by atoms with Gasteiger partial charge in [0.1, 0.15) is 0 Å². The van der Waals surface area contributed by atoms with E-state index in [4.69, 9.17) is 4.74 Å². The van der Waals surface area contributed by atoms with Crippen molar-refractivity contribution in [2.24, 2.45) is 0 Å². The Bertz CT molecular complexity index is 436. The highest BCUT2D eigenvalue weighted by Gasteiger charge is 2.23. The molecule has 0 spiro atoms. The number of ether oxygens (including phenoxy) is 1. The lowest BCUT2D eigenvalue weighted by atomic mass is 9.99. The molecule has 0 amide bonds. The molecular weight excluding hydrogens is 304 g/mol. The topological polar surface area (TPSA) is 15.7 Å². The molecule has 0 bridgehead atoms. The van der Waals surface area contributed by atoms with Crippen molar-refractivity contribution in [1.29, 1.82) is 0 Å². The third-order valence-corrected chi connectivity index (χ3v) is 6.01. The Balaban J connectivity index is 1.40. The standard InChI is InChI=1S/C19H30N2OS/c1-2-7-19(8-3-1)23-17-14-21-10-5-4-6-18(21)9-11-20-12-15-22-16-13-20/h1-3,7-8,18H,4-6,9-17H2/t18-/m0/s1. The second-order valence-electron chi connectivity index (χ2n) is 6.59. The van der Waals surface area contributed by atoms with Crippen LogP contribution in [0.3, 0.4) is 0 Å². The fourth-order valence-electron chi connectivity index (χ4n) is 3.64. The molecule has 128 valence electrons. The molecule has 0 N–H and O–H groups in total. The van der Waals surface area contributed by atoms with Crippen LogP contribution in [-0.2, 0) is 4.74 Å². The van der Waals surface area contributed by atoms with Crippen LogP contribution in [0.25, 0.3) is 0 Å². The highest BCUT2D eigenvalue weighted by Crippen LogP contribution is 2.22. The van der Waals surface area contributed by atoms with Gasteiger partial charge in [-0.25, -0.2) is 0 Å². The Morgan fingerprint density at radius 2 is 1.83 bits per heavy atom. The molecule has 0 saturated carbocycles. The van der Waals surface area contributed by atoms with Gasteiger partial charge in [-0.1, -0.05) is 24.6 Å². The number of hydrogen-bond donors (Lipinski definition) is 0. The fraction of sp³-hybridized carbons (Fsp3) is 0.684. The van der Waals surface area contributed by atoms with E-state index in [1.54, 1.807) is 0 Å². The van der Waals surface area contributed by atoms with Gasteiger partial charge in [-0.3, -0.25) is 9.80 Å². The Kier molecular flexibility index (Phi) is 7.27. The summed E-state index contributed by atoms with van der Waals surface area (Å²) in [6.07, 6.45) is 5.51. The lowest BCUT2D eigenvalue weighted by molar-refractivity contribution is 0.0312. The lowest BCUT2D eigenvalue weighted by Gasteiger charge is -2.37. The van der Waals surface area contributed by atoms with Crippen molar-refractivity contribution in [2.75, 3.05) is 51.7 Å². The van der Waals surface area contributed by atoms with E-state index in [0.29, 0.717) is 0 Å². The summed E-state index contributed by atoms with van der Waals surface area (Å²) >= 11 is 1.99. The Morgan fingerprint density at radius 1 is 1.00 bits per heavy atom. The van der Waals surface area contributed by atoms with Crippen molar-refractivity contribution < 1.29 is 4.74 Å². The summed E-state index contributed by atoms with van der Waals surface area (Å²) < 4.78 is 5.45. The number of thioether (sulfide) groups is 1. The lowest BCUT2D eigenvalue weighted by Crippen LogP contribution is -2.44. The Morgan fingerprint density at radius 3 is 2.65 bits per heavy atom. The highest BCUT2D eigenvalue weighted by molar-refractivity contribution is 7.99. The van der Waals surface area contributed by atoms with Gasteiger partial charge in [0.05, 0.1) is 13.2 Å². The van der Waals surface area contributed by atoms with Crippen molar-refractivity contribution >= 4 is 11.8 Å². The van der Waals surface area contributed by atoms with Crippen LogP contribution < -0.4 is 0 Å². The quantitative estimate of drug-likeness (QED) is 0.710. The number of likely N-dealkylation sites (tertiary alicyclic amines) is 1. The van der Waals surface area contributed by atoms with Gasteiger partial charge >= 0.3 is 0 Å². The Hall–Kier alpha value is -0.550. The summed E-state index contributed by atoms with van der Waals surface area (Å²) in [6, 6.07) is 11.6. The van der Waals surface area contributed by atoms with E-state index in [1.807, 2.05) is 11.8 Å². The van der Waals surface area contributed by atoms with Crippen molar-refractivity contribution in [3.05, 3.63) is 30.3 Å². The minimum Gasteiger partial charge on any atom is -0.379 e. The first-order valence-corrected chi connectivity index (χ1v) is 10.1. The molecule has 3 rings (SSSR count). The second kappa shape index (κ2) is 9.67. The average molecular weight is 335 g/mol. The van der Waals surface area contributed by atoms with E-state index in [-0.39, 0.29) is 0 Å².